The molecule has 0 atom stereocenters. The Morgan fingerprint density at radius 1 is 1.24 bits per heavy atom. The standard InChI is InChI=1S/C16H25N3O2/c1-18-9-2-10-19(13-16(18)20)11-12-21-15-5-3-14(4-6-15)7-8-17/h3-6H,2,7-13,17H2,1H3. The van der Waals surface area contributed by atoms with E-state index in [2.05, 4.69) is 4.90 Å². The van der Waals surface area contributed by atoms with Gasteiger partial charge in [-0.05, 0) is 37.1 Å². The third-order valence-corrected chi connectivity index (χ3v) is 3.79. The monoisotopic (exact) mass is 291 g/mol. The Morgan fingerprint density at radius 2 is 2.00 bits per heavy atom. The van der Waals surface area contributed by atoms with Crippen LogP contribution >= 0.6 is 0 Å². The van der Waals surface area contributed by atoms with Crippen LogP contribution in [0.1, 0.15) is 12.0 Å². The Labute approximate surface area is 126 Å². The average Bonchev–Trinajstić information content (AvgIpc) is 2.63. The number of hydrogen-bond acceptors (Lipinski definition) is 4. The molecule has 0 unspecified atom stereocenters. The van der Waals surface area contributed by atoms with Gasteiger partial charge in [0, 0.05) is 26.7 Å². The molecule has 21 heavy (non-hydrogen) atoms. The fourth-order valence-electron chi connectivity index (χ4n) is 2.45. The van der Waals surface area contributed by atoms with Crippen LogP contribution in [-0.4, -0.2) is 62.1 Å². The van der Waals surface area contributed by atoms with E-state index in [-0.39, 0.29) is 5.91 Å². The van der Waals surface area contributed by atoms with Crippen molar-refractivity contribution in [3.63, 3.8) is 0 Å². The summed E-state index contributed by atoms with van der Waals surface area (Å²) in [5, 5.41) is 0. The quantitative estimate of drug-likeness (QED) is 0.839. The Balaban J connectivity index is 1.74. The number of hydrogen-bond donors (Lipinski definition) is 1. The smallest absolute Gasteiger partial charge is 0.236 e. The summed E-state index contributed by atoms with van der Waals surface area (Å²) in [7, 11) is 1.87. The zero-order valence-electron chi connectivity index (χ0n) is 12.8. The van der Waals surface area contributed by atoms with Gasteiger partial charge in [0.1, 0.15) is 12.4 Å². The molecule has 1 aliphatic rings. The minimum Gasteiger partial charge on any atom is -0.492 e. The minimum absolute atomic E-state index is 0.193. The molecule has 0 radical (unpaired) electrons. The summed E-state index contributed by atoms with van der Waals surface area (Å²) in [5.74, 6) is 1.06. The van der Waals surface area contributed by atoms with E-state index in [0.29, 0.717) is 19.7 Å². The second kappa shape index (κ2) is 8.00. The van der Waals surface area contributed by atoms with E-state index in [4.69, 9.17) is 10.5 Å². The van der Waals surface area contributed by atoms with Gasteiger partial charge in [0.05, 0.1) is 6.54 Å². The first-order chi connectivity index (χ1) is 10.2. The molecule has 1 aromatic rings. The molecule has 5 nitrogen and oxygen atoms in total. The maximum absolute atomic E-state index is 11.8. The summed E-state index contributed by atoms with van der Waals surface area (Å²) >= 11 is 0. The maximum Gasteiger partial charge on any atom is 0.236 e. The molecule has 0 bridgehead atoms. The van der Waals surface area contributed by atoms with Crippen LogP contribution in [0.5, 0.6) is 5.75 Å². The average molecular weight is 291 g/mol. The summed E-state index contributed by atoms with van der Waals surface area (Å²) in [6, 6.07) is 8.05. The first-order valence-corrected chi connectivity index (χ1v) is 7.57. The minimum atomic E-state index is 0.193. The molecule has 1 amide bonds. The van der Waals surface area contributed by atoms with E-state index in [1.807, 2.05) is 31.3 Å². The van der Waals surface area contributed by atoms with E-state index in [1.54, 1.807) is 4.90 Å². The predicted octanol–water partition coefficient (Wildman–Crippen LogP) is 0.731. The molecule has 0 spiro atoms. The lowest BCUT2D eigenvalue weighted by Gasteiger charge is -2.19. The zero-order valence-corrected chi connectivity index (χ0v) is 12.8. The van der Waals surface area contributed by atoms with Crippen molar-refractivity contribution in [2.24, 2.45) is 5.73 Å². The van der Waals surface area contributed by atoms with Crippen molar-refractivity contribution in [2.45, 2.75) is 12.8 Å². The number of rotatable bonds is 6. The van der Waals surface area contributed by atoms with Gasteiger partial charge >= 0.3 is 0 Å². The van der Waals surface area contributed by atoms with Crippen molar-refractivity contribution in [3.05, 3.63) is 29.8 Å². The molecular formula is C16H25N3O2. The summed E-state index contributed by atoms with van der Waals surface area (Å²) in [4.78, 5) is 15.8. The zero-order chi connectivity index (χ0) is 15.1. The third kappa shape index (κ3) is 5.02. The highest BCUT2D eigenvalue weighted by atomic mass is 16.5. The molecule has 0 aromatic heterocycles. The third-order valence-electron chi connectivity index (χ3n) is 3.79. The molecule has 0 aliphatic carbocycles. The van der Waals surface area contributed by atoms with Crippen LogP contribution in [0.3, 0.4) is 0 Å². The van der Waals surface area contributed by atoms with Gasteiger partial charge in [-0.3, -0.25) is 9.69 Å². The number of nitrogens with zero attached hydrogens (tertiary/aromatic N) is 2. The van der Waals surface area contributed by atoms with E-state index in [9.17, 15) is 4.79 Å². The highest BCUT2D eigenvalue weighted by molar-refractivity contribution is 5.78. The van der Waals surface area contributed by atoms with Crippen molar-refractivity contribution in [3.8, 4) is 5.75 Å². The molecule has 116 valence electrons. The number of carbonyl (C=O) groups is 1. The predicted molar refractivity (Wildman–Crippen MR) is 83.4 cm³/mol. The number of ether oxygens (including phenoxy) is 1. The number of amides is 1. The SMILES string of the molecule is CN1CCCN(CCOc2ccc(CCN)cc2)CC1=O. The fraction of sp³-hybridized carbons (Fsp3) is 0.562. The van der Waals surface area contributed by atoms with E-state index >= 15 is 0 Å². The summed E-state index contributed by atoms with van der Waals surface area (Å²) in [6.45, 7) is 4.35. The van der Waals surface area contributed by atoms with E-state index in [0.717, 1.165) is 38.2 Å². The summed E-state index contributed by atoms with van der Waals surface area (Å²) < 4.78 is 5.75. The van der Waals surface area contributed by atoms with Gasteiger partial charge in [0.15, 0.2) is 0 Å². The summed E-state index contributed by atoms with van der Waals surface area (Å²) in [6.07, 6.45) is 1.92. The number of nitrogens with two attached hydrogens (primary N) is 1. The first-order valence-electron chi connectivity index (χ1n) is 7.57. The first kappa shape index (κ1) is 15.8. The molecule has 1 saturated heterocycles. The van der Waals surface area contributed by atoms with Crippen LogP contribution in [0.15, 0.2) is 24.3 Å². The largest absolute Gasteiger partial charge is 0.492 e. The molecular weight excluding hydrogens is 266 g/mol. The van der Waals surface area contributed by atoms with Gasteiger partial charge in [-0.1, -0.05) is 12.1 Å². The molecule has 1 heterocycles. The van der Waals surface area contributed by atoms with Crippen LogP contribution in [-0.2, 0) is 11.2 Å². The molecule has 1 fully saturated rings. The van der Waals surface area contributed by atoms with Crippen molar-refractivity contribution in [1.82, 2.24) is 9.80 Å². The van der Waals surface area contributed by atoms with Gasteiger partial charge in [-0.2, -0.15) is 0 Å². The van der Waals surface area contributed by atoms with Crippen LogP contribution in [0.25, 0.3) is 0 Å². The maximum atomic E-state index is 11.8. The molecule has 2 rings (SSSR count). The van der Waals surface area contributed by atoms with Crippen molar-refractivity contribution in [1.29, 1.82) is 0 Å². The van der Waals surface area contributed by atoms with Gasteiger partial charge in [-0.15, -0.1) is 0 Å². The summed E-state index contributed by atoms with van der Waals surface area (Å²) in [5.41, 5.74) is 6.76. The van der Waals surface area contributed by atoms with Gasteiger partial charge in [0.2, 0.25) is 5.91 Å². The lowest BCUT2D eigenvalue weighted by atomic mass is 10.1. The van der Waals surface area contributed by atoms with Crippen LogP contribution in [0.2, 0.25) is 0 Å². The second-order valence-electron chi connectivity index (χ2n) is 5.48. The van der Waals surface area contributed by atoms with Gasteiger partial charge < -0.3 is 15.4 Å². The number of likely N-dealkylation sites (N-methyl/N-ethyl adjacent to an activating group) is 1. The van der Waals surface area contributed by atoms with Crippen LogP contribution < -0.4 is 10.5 Å². The fourth-order valence-corrected chi connectivity index (χ4v) is 2.45. The van der Waals surface area contributed by atoms with Crippen molar-refractivity contribution in [2.75, 3.05) is 46.4 Å². The van der Waals surface area contributed by atoms with Gasteiger partial charge in [0.25, 0.3) is 0 Å². The van der Waals surface area contributed by atoms with E-state index < -0.39 is 0 Å². The highest BCUT2D eigenvalue weighted by Gasteiger charge is 2.18. The topological polar surface area (TPSA) is 58.8 Å². The van der Waals surface area contributed by atoms with Crippen molar-refractivity contribution < 1.29 is 9.53 Å². The lowest BCUT2D eigenvalue weighted by molar-refractivity contribution is -0.129. The second-order valence-corrected chi connectivity index (χ2v) is 5.48. The Hall–Kier alpha value is -1.59. The molecule has 5 heteroatoms. The number of carbonyl (C=O) groups excluding carboxylic acids is 1. The molecule has 1 aromatic carbocycles. The van der Waals surface area contributed by atoms with Gasteiger partial charge in [-0.25, -0.2) is 0 Å². The van der Waals surface area contributed by atoms with Crippen molar-refractivity contribution >= 4 is 5.91 Å². The Bertz CT molecular complexity index is 447. The van der Waals surface area contributed by atoms with E-state index in [1.165, 1.54) is 5.56 Å². The Morgan fingerprint density at radius 3 is 2.71 bits per heavy atom. The molecule has 0 saturated carbocycles. The molecule has 1 aliphatic heterocycles. The highest BCUT2D eigenvalue weighted by Crippen LogP contribution is 2.12. The van der Waals surface area contributed by atoms with Crippen LogP contribution in [0.4, 0.5) is 0 Å². The lowest BCUT2D eigenvalue weighted by Crippen LogP contribution is -2.36. The Kier molecular flexibility index (Phi) is 6.02. The molecule has 2 N–H and O–H groups in total. The normalized spacial score (nSPS) is 16.9. The van der Waals surface area contributed by atoms with Crippen LogP contribution in [0, 0.1) is 0 Å². The number of benzene rings is 1.